The summed E-state index contributed by atoms with van der Waals surface area (Å²) in [5.41, 5.74) is 0. The Morgan fingerprint density at radius 2 is 2.06 bits per heavy atom. The predicted octanol–water partition coefficient (Wildman–Crippen LogP) is 0.101. The molecule has 0 aromatic heterocycles. The third kappa shape index (κ3) is 5.55. The van der Waals surface area contributed by atoms with Gasteiger partial charge in [-0.3, -0.25) is 0 Å². The van der Waals surface area contributed by atoms with Crippen molar-refractivity contribution in [3.63, 3.8) is 0 Å². The maximum absolute atomic E-state index is 11.5. The second-order valence-electron chi connectivity index (χ2n) is 3.63. The van der Waals surface area contributed by atoms with Gasteiger partial charge in [0.25, 0.3) is 0 Å². The molecule has 0 aliphatic rings. The van der Waals surface area contributed by atoms with E-state index in [2.05, 4.69) is 10.6 Å². The van der Waals surface area contributed by atoms with Crippen molar-refractivity contribution in [3.05, 3.63) is 0 Å². The van der Waals surface area contributed by atoms with Crippen LogP contribution in [0.2, 0.25) is 0 Å². The van der Waals surface area contributed by atoms with Crippen molar-refractivity contribution in [2.45, 2.75) is 25.8 Å². The molecular formula is C10H21N3O3. The number of nitrogens with zero attached hydrogens (tertiary/aromatic N) is 1. The van der Waals surface area contributed by atoms with Gasteiger partial charge in [-0.25, -0.2) is 9.59 Å². The first kappa shape index (κ1) is 14.7. The van der Waals surface area contributed by atoms with Crippen molar-refractivity contribution in [2.24, 2.45) is 0 Å². The lowest BCUT2D eigenvalue weighted by atomic mass is 10.2. The first-order valence-corrected chi connectivity index (χ1v) is 5.42. The Balaban J connectivity index is 3.98. The van der Waals surface area contributed by atoms with Gasteiger partial charge < -0.3 is 20.6 Å². The molecule has 1 unspecified atom stereocenters. The van der Waals surface area contributed by atoms with Gasteiger partial charge in [-0.05, 0) is 26.4 Å². The van der Waals surface area contributed by atoms with Crippen molar-refractivity contribution in [2.75, 3.05) is 27.2 Å². The standard InChI is InChI=1S/C10H21N3O3/c1-4-8(9(14)15)12-10(16)13(3)7-5-6-11-2/h8,11H,4-7H2,1-3H3,(H,12,16)(H,14,15). The molecule has 0 spiro atoms. The first-order valence-electron chi connectivity index (χ1n) is 5.42. The van der Waals surface area contributed by atoms with E-state index in [4.69, 9.17) is 5.11 Å². The van der Waals surface area contributed by atoms with E-state index in [1.807, 2.05) is 7.05 Å². The molecule has 0 saturated carbocycles. The monoisotopic (exact) mass is 231 g/mol. The maximum Gasteiger partial charge on any atom is 0.326 e. The summed E-state index contributed by atoms with van der Waals surface area (Å²) in [5.74, 6) is -1.00. The summed E-state index contributed by atoms with van der Waals surface area (Å²) in [6, 6.07) is -1.15. The summed E-state index contributed by atoms with van der Waals surface area (Å²) < 4.78 is 0. The van der Waals surface area contributed by atoms with E-state index in [9.17, 15) is 9.59 Å². The number of hydrogen-bond donors (Lipinski definition) is 3. The zero-order valence-electron chi connectivity index (χ0n) is 10.1. The molecule has 2 amide bonds. The van der Waals surface area contributed by atoms with Gasteiger partial charge in [0.15, 0.2) is 0 Å². The number of carboxylic acids is 1. The number of amides is 2. The summed E-state index contributed by atoms with van der Waals surface area (Å²) in [6.07, 6.45) is 1.22. The molecule has 16 heavy (non-hydrogen) atoms. The lowest BCUT2D eigenvalue weighted by molar-refractivity contribution is -0.139. The van der Waals surface area contributed by atoms with Crippen molar-refractivity contribution >= 4 is 12.0 Å². The minimum Gasteiger partial charge on any atom is -0.480 e. The zero-order valence-corrected chi connectivity index (χ0v) is 10.1. The Kier molecular flexibility index (Phi) is 7.28. The molecule has 0 saturated heterocycles. The van der Waals surface area contributed by atoms with Gasteiger partial charge in [-0.2, -0.15) is 0 Å². The summed E-state index contributed by atoms with van der Waals surface area (Å²) in [5, 5.41) is 14.2. The van der Waals surface area contributed by atoms with Crippen molar-refractivity contribution in [1.82, 2.24) is 15.5 Å². The van der Waals surface area contributed by atoms with Gasteiger partial charge in [0, 0.05) is 13.6 Å². The Hall–Kier alpha value is -1.30. The van der Waals surface area contributed by atoms with Gasteiger partial charge in [-0.15, -0.1) is 0 Å². The number of hydrogen-bond acceptors (Lipinski definition) is 3. The second kappa shape index (κ2) is 7.92. The average Bonchev–Trinajstić information content (AvgIpc) is 2.25. The van der Waals surface area contributed by atoms with Crippen LogP contribution in [0.4, 0.5) is 4.79 Å². The molecule has 0 heterocycles. The number of rotatable bonds is 7. The van der Waals surface area contributed by atoms with E-state index in [0.29, 0.717) is 13.0 Å². The Morgan fingerprint density at radius 1 is 1.44 bits per heavy atom. The van der Waals surface area contributed by atoms with Crippen molar-refractivity contribution in [1.29, 1.82) is 0 Å². The molecular weight excluding hydrogens is 210 g/mol. The SMILES string of the molecule is CCC(NC(=O)N(C)CCCNC)C(=O)O. The Labute approximate surface area is 96.0 Å². The van der Waals surface area contributed by atoms with Gasteiger partial charge in [-0.1, -0.05) is 6.92 Å². The molecule has 6 nitrogen and oxygen atoms in total. The van der Waals surface area contributed by atoms with E-state index >= 15 is 0 Å². The van der Waals surface area contributed by atoms with Crippen LogP contribution in [0.3, 0.4) is 0 Å². The van der Waals surface area contributed by atoms with Crippen LogP contribution in [0, 0.1) is 0 Å². The average molecular weight is 231 g/mol. The van der Waals surface area contributed by atoms with Crippen LogP contribution in [-0.2, 0) is 4.79 Å². The highest BCUT2D eigenvalue weighted by Crippen LogP contribution is 1.94. The van der Waals surface area contributed by atoms with Gasteiger partial charge in [0.05, 0.1) is 0 Å². The summed E-state index contributed by atoms with van der Waals surface area (Å²) in [7, 11) is 3.50. The van der Waals surface area contributed by atoms with Gasteiger partial charge >= 0.3 is 12.0 Å². The van der Waals surface area contributed by atoms with Crippen LogP contribution in [0.15, 0.2) is 0 Å². The normalized spacial score (nSPS) is 11.9. The van der Waals surface area contributed by atoms with E-state index in [1.54, 1.807) is 14.0 Å². The number of carboxylic acid groups (broad SMARTS) is 1. The quantitative estimate of drug-likeness (QED) is 0.543. The minimum absolute atomic E-state index is 0.342. The lowest BCUT2D eigenvalue weighted by Gasteiger charge is -2.20. The number of nitrogens with one attached hydrogen (secondary N) is 2. The molecule has 3 N–H and O–H groups in total. The highest BCUT2D eigenvalue weighted by molar-refractivity contribution is 5.82. The molecule has 0 aromatic carbocycles. The van der Waals surface area contributed by atoms with E-state index in [0.717, 1.165) is 13.0 Å². The number of aliphatic carboxylic acids is 1. The predicted molar refractivity (Wildman–Crippen MR) is 61.4 cm³/mol. The van der Waals surface area contributed by atoms with E-state index in [-0.39, 0.29) is 6.03 Å². The Morgan fingerprint density at radius 3 is 2.50 bits per heavy atom. The highest BCUT2D eigenvalue weighted by Gasteiger charge is 2.19. The molecule has 1 atom stereocenters. The molecule has 0 aliphatic carbocycles. The number of carbonyl (C=O) groups is 2. The fourth-order valence-electron chi connectivity index (χ4n) is 1.19. The minimum atomic E-state index is -1.00. The van der Waals surface area contributed by atoms with Crippen LogP contribution < -0.4 is 10.6 Å². The van der Waals surface area contributed by atoms with Crippen LogP contribution in [0.5, 0.6) is 0 Å². The zero-order chi connectivity index (χ0) is 12.6. The van der Waals surface area contributed by atoms with Gasteiger partial charge in [0.1, 0.15) is 6.04 Å². The molecule has 0 bridgehead atoms. The van der Waals surface area contributed by atoms with Crippen LogP contribution in [-0.4, -0.2) is 55.2 Å². The third-order valence-corrected chi connectivity index (χ3v) is 2.27. The van der Waals surface area contributed by atoms with Crippen LogP contribution in [0.1, 0.15) is 19.8 Å². The largest absolute Gasteiger partial charge is 0.480 e. The number of urea groups is 1. The van der Waals surface area contributed by atoms with E-state index in [1.165, 1.54) is 4.90 Å². The van der Waals surface area contributed by atoms with Gasteiger partial charge in [0.2, 0.25) is 0 Å². The Bertz CT molecular complexity index is 233. The molecule has 0 aliphatic heterocycles. The molecule has 0 rings (SSSR count). The topological polar surface area (TPSA) is 81.7 Å². The fourth-order valence-corrected chi connectivity index (χ4v) is 1.19. The van der Waals surface area contributed by atoms with Crippen LogP contribution >= 0.6 is 0 Å². The summed E-state index contributed by atoms with van der Waals surface area (Å²) >= 11 is 0. The molecule has 6 heteroatoms. The third-order valence-electron chi connectivity index (χ3n) is 2.27. The van der Waals surface area contributed by atoms with Crippen LogP contribution in [0.25, 0.3) is 0 Å². The molecule has 0 aromatic rings. The maximum atomic E-state index is 11.5. The van der Waals surface area contributed by atoms with Crippen molar-refractivity contribution < 1.29 is 14.7 Å². The second-order valence-corrected chi connectivity index (χ2v) is 3.63. The lowest BCUT2D eigenvalue weighted by Crippen LogP contribution is -2.46. The van der Waals surface area contributed by atoms with Crippen molar-refractivity contribution in [3.8, 4) is 0 Å². The number of carbonyl (C=O) groups excluding carboxylic acids is 1. The molecule has 94 valence electrons. The molecule has 0 fully saturated rings. The summed E-state index contributed by atoms with van der Waals surface area (Å²) in [6.45, 7) is 3.15. The first-order chi connectivity index (χ1) is 7.52. The fraction of sp³-hybridized carbons (Fsp3) is 0.800. The smallest absolute Gasteiger partial charge is 0.326 e. The van der Waals surface area contributed by atoms with E-state index < -0.39 is 12.0 Å². The highest BCUT2D eigenvalue weighted by atomic mass is 16.4. The summed E-state index contributed by atoms with van der Waals surface area (Å²) in [4.78, 5) is 23.7. The molecule has 0 radical (unpaired) electrons.